The third kappa shape index (κ3) is 2.93. The summed E-state index contributed by atoms with van der Waals surface area (Å²) in [5.41, 5.74) is 7.06. The molecule has 5 rings (SSSR count). The molecule has 1 aliphatic heterocycles. The van der Waals surface area contributed by atoms with Crippen molar-refractivity contribution >= 4 is 29.1 Å². The van der Waals surface area contributed by atoms with E-state index < -0.39 is 0 Å². The zero-order valence-corrected chi connectivity index (χ0v) is 16.3. The van der Waals surface area contributed by atoms with Crippen LogP contribution in [0, 0.1) is 0 Å². The van der Waals surface area contributed by atoms with E-state index in [1.54, 1.807) is 0 Å². The number of para-hydroxylation sites is 4. The van der Waals surface area contributed by atoms with Gasteiger partial charge in [0, 0.05) is 23.3 Å². The monoisotopic (exact) mass is 376 g/mol. The maximum atomic E-state index is 5.00. The summed E-state index contributed by atoms with van der Waals surface area (Å²) >= 11 is 0. The van der Waals surface area contributed by atoms with Crippen molar-refractivity contribution in [3.8, 4) is 11.1 Å². The van der Waals surface area contributed by atoms with E-state index >= 15 is 0 Å². The summed E-state index contributed by atoms with van der Waals surface area (Å²) in [5.74, 6) is 0. The third-order valence-corrected chi connectivity index (χ3v) is 5.50. The van der Waals surface area contributed by atoms with Gasteiger partial charge in [0.05, 0.1) is 18.4 Å². The Kier molecular flexibility index (Phi) is 4.23. The topological polar surface area (TPSA) is 15.6 Å². The van der Waals surface area contributed by atoms with E-state index in [9.17, 15) is 0 Å². The highest BCUT2D eigenvalue weighted by Crippen LogP contribution is 2.50. The van der Waals surface area contributed by atoms with Crippen LogP contribution in [0.3, 0.4) is 0 Å². The minimum absolute atomic E-state index is 0.530. The van der Waals surface area contributed by atoms with E-state index in [2.05, 4.69) is 79.8 Å². The van der Waals surface area contributed by atoms with Gasteiger partial charge < -0.3 is 0 Å². The van der Waals surface area contributed by atoms with E-state index in [0.29, 0.717) is 4.48 Å². The predicted molar refractivity (Wildman–Crippen MR) is 123 cm³/mol. The number of benzene rings is 4. The van der Waals surface area contributed by atoms with Crippen LogP contribution in [0.2, 0.25) is 0 Å². The molecule has 0 unspecified atom stereocenters. The molecule has 0 spiro atoms. The quantitative estimate of drug-likeness (QED) is 0.167. The van der Waals surface area contributed by atoms with Crippen LogP contribution < -0.4 is 9.49 Å². The maximum Gasteiger partial charge on any atom is 0.218 e. The second-order valence-corrected chi connectivity index (χ2v) is 7.32. The first kappa shape index (κ1) is 17.4. The Morgan fingerprint density at radius 3 is 1.48 bits per heavy atom. The lowest BCUT2D eigenvalue weighted by molar-refractivity contribution is 0.700. The molecule has 1 heterocycles. The zero-order chi connectivity index (χ0) is 19.7. The van der Waals surface area contributed by atoms with Gasteiger partial charge in [-0.05, 0) is 36.4 Å². The first-order valence-corrected chi connectivity index (χ1v) is 9.78. The van der Waals surface area contributed by atoms with Crippen LogP contribution in [0.1, 0.15) is 0 Å². The van der Waals surface area contributed by atoms with Crippen molar-refractivity contribution in [3.05, 3.63) is 109 Å². The molecule has 3 heteroatoms. The summed E-state index contributed by atoms with van der Waals surface area (Å²) in [6.07, 6.45) is 2.03. The van der Waals surface area contributed by atoms with Crippen molar-refractivity contribution in [2.45, 2.75) is 0 Å². The number of nitrogens with zero attached hydrogens (tertiary/aromatic N) is 3. The fraction of sp³-hybridized carbons (Fsp3) is 0.0385. The minimum Gasteiger partial charge on any atom is -0.229 e. The second kappa shape index (κ2) is 7.04. The van der Waals surface area contributed by atoms with E-state index in [1.165, 1.54) is 22.5 Å². The summed E-state index contributed by atoms with van der Waals surface area (Å²) in [6.45, 7) is 0. The Balaban J connectivity index is 1.64. The molecule has 0 radical (unpaired) electrons. The first-order valence-electron chi connectivity index (χ1n) is 9.78. The lowest BCUT2D eigenvalue weighted by Gasteiger charge is -2.26. The van der Waals surface area contributed by atoms with Gasteiger partial charge in [-0.1, -0.05) is 60.7 Å². The van der Waals surface area contributed by atoms with Crippen LogP contribution in [0.15, 0.2) is 114 Å². The molecule has 0 saturated heterocycles. The van der Waals surface area contributed by atoms with Crippen molar-refractivity contribution in [2.24, 2.45) is 5.10 Å². The summed E-state index contributed by atoms with van der Waals surface area (Å²) < 4.78 is 0.530. The van der Waals surface area contributed by atoms with Gasteiger partial charge in [0.1, 0.15) is 0 Å². The molecule has 0 atom stereocenters. The molecule has 4 aromatic carbocycles. The number of quaternary nitrogens is 1. The highest BCUT2D eigenvalue weighted by Gasteiger charge is 2.39. The molecule has 0 aliphatic carbocycles. The minimum atomic E-state index is 0.530. The van der Waals surface area contributed by atoms with Crippen LogP contribution in [0.25, 0.3) is 11.1 Å². The Morgan fingerprint density at radius 1 is 0.586 bits per heavy atom. The van der Waals surface area contributed by atoms with Crippen molar-refractivity contribution in [3.63, 3.8) is 0 Å². The number of fused-ring (bicyclic) bond motifs is 3. The largest absolute Gasteiger partial charge is 0.229 e. The molecule has 0 bridgehead atoms. The van der Waals surface area contributed by atoms with Gasteiger partial charge in [-0.2, -0.15) is 0 Å². The molecule has 3 nitrogen and oxygen atoms in total. The average Bonchev–Trinajstić information content (AvgIpc) is 3.05. The van der Waals surface area contributed by atoms with Crippen LogP contribution >= 0.6 is 0 Å². The molecule has 0 amide bonds. The molecule has 140 valence electrons. The highest BCUT2D eigenvalue weighted by atomic mass is 15.5. The molecule has 0 fully saturated rings. The van der Waals surface area contributed by atoms with Crippen LogP contribution in [0.4, 0.5) is 22.7 Å². The number of hydrazone groups is 1. The normalized spacial score (nSPS) is 13.8. The van der Waals surface area contributed by atoms with Gasteiger partial charge in [0.15, 0.2) is 11.4 Å². The fourth-order valence-electron chi connectivity index (χ4n) is 4.04. The number of rotatable bonds is 4. The van der Waals surface area contributed by atoms with Crippen LogP contribution in [-0.2, 0) is 0 Å². The summed E-state index contributed by atoms with van der Waals surface area (Å²) in [4.78, 5) is 0. The van der Waals surface area contributed by atoms with Gasteiger partial charge in [0.25, 0.3) is 0 Å². The van der Waals surface area contributed by atoms with Crippen molar-refractivity contribution in [2.75, 3.05) is 12.1 Å². The summed E-state index contributed by atoms with van der Waals surface area (Å²) in [5, 5.41) is 6.99. The smallest absolute Gasteiger partial charge is 0.218 e. The zero-order valence-electron chi connectivity index (χ0n) is 16.3. The molecule has 0 N–H and O–H groups in total. The Morgan fingerprint density at radius 2 is 1.00 bits per heavy atom. The van der Waals surface area contributed by atoms with Crippen LogP contribution in [0.5, 0.6) is 0 Å². The van der Waals surface area contributed by atoms with Crippen molar-refractivity contribution in [1.29, 1.82) is 0 Å². The van der Waals surface area contributed by atoms with Crippen LogP contribution in [-0.4, -0.2) is 13.4 Å². The van der Waals surface area contributed by atoms with Crippen molar-refractivity contribution in [1.82, 2.24) is 4.48 Å². The Hall–Kier alpha value is -3.69. The van der Waals surface area contributed by atoms with Gasteiger partial charge in [-0.25, -0.2) is 9.49 Å². The lowest BCUT2D eigenvalue weighted by Crippen LogP contribution is -2.37. The average molecular weight is 376 g/mol. The van der Waals surface area contributed by atoms with Crippen molar-refractivity contribution < 1.29 is 0 Å². The molecule has 29 heavy (non-hydrogen) atoms. The molecule has 0 aromatic heterocycles. The van der Waals surface area contributed by atoms with E-state index in [0.717, 1.165) is 11.4 Å². The Labute approximate surface area is 171 Å². The number of hydrogen-bond acceptors (Lipinski definition) is 2. The summed E-state index contributed by atoms with van der Waals surface area (Å²) in [6, 6.07) is 37.7. The third-order valence-electron chi connectivity index (χ3n) is 5.50. The Bertz CT molecular complexity index is 1080. The molecular formula is C26H22N3+. The second-order valence-electron chi connectivity index (χ2n) is 7.32. The SMILES string of the molecule is C[N+]1(C=NN(c2ccccc2)c2ccccc2)c2ccccc2-c2ccccc21. The van der Waals surface area contributed by atoms with Gasteiger partial charge >= 0.3 is 0 Å². The van der Waals surface area contributed by atoms with Gasteiger partial charge in [-0.15, -0.1) is 5.10 Å². The van der Waals surface area contributed by atoms with Gasteiger partial charge in [-0.3, -0.25) is 0 Å². The lowest BCUT2D eigenvalue weighted by atomic mass is 10.1. The predicted octanol–water partition coefficient (Wildman–Crippen LogP) is 6.72. The number of anilines is 2. The van der Waals surface area contributed by atoms with Gasteiger partial charge in [0.2, 0.25) is 6.34 Å². The molecule has 1 aliphatic rings. The van der Waals surface area contributed by atoms with E-state index in [1.807, 2.05) is 47.7 Å². The molecule has 4 aromatic rings. The fourth-order valence-corrected chi connectivity index (χ4v) is 4.04. The van der Waals surface area contributed by atoms with E-state index in [-0.39, 0.29) is 0 Å². The standard InChI is InChI=1S/C26H22N3/c1-29(25-18-10-8-16-23(25)24-17-9-11-19-26(24)29)20-27-28(21-12-4-2-5-13-21)22-14-6-3-7-15-22/h2-20H,1H3/q+1. The summed E-state index contributed by atoms with van der Waals surface area (Å²) in [7, 11) is 2.20. The number of hydrogen-bond donors (Lipinski definition) is 0. The maximum absolute atomic E-state index is 5.00. The van der Waals surface area contributed by atoms with E-state index in [4.69, 9.17) is 5.10 Å². The first-order chi connectivity index (χ1) is 14.3. The molecule has 0 saturated carbocycles. The molecular weight excluding hydrogens is 354 g/mol. The highest BCUT2D eigenvalue weighted by molar-refractivity contribution is 6.02.